The van der Waals surface area contributed by atoms with Gasteiger partial charge in [0.25, 0.3) is 0 Å². The lowest BCUT2D eigenvalue weighted by Crippen LogP contribution is -2.36. The molecule has 4 aromatic rings. The van der Waals surface area contributed by atoms with Crippen LogP contribution in [0.15, 0.2) is 72.4 Å². The largest absolute Gasteiger partial charge is 0.444 e. The van der Waals surface area contributed by atoms with Gasteiger partial charge < -0.3 is 25.8 Å². The Morgan fingerprint density at radius 3 is 2.50 bits per heavy atom. The maximum absolute atomic E-state index is 12.6. The van der Waals surface area contributed by atoms with E-state index in [-0.39, 0.29) is 0 Å². The third-order valence-corrected chi connectivity index (χ3v) is 5.98. The fraction of sp³-hybridized carbons (Fsp3) is 0.286. The molecule has 0 fully saturated rings. The number of fused-ring (bicyclic) bond motifs is 1. The van der Waals surface area contributed by atoms with Gasteiger partial charge in [-0.3, -0.25) is 0 Å². The highest BCUT2D eigenvalue weighted by Gasteiger charge is 2.24. The van der Waals surface area contributed by atoms with E-state index in [0.717, 1.165) is 27.7 Å². The minimum Gasteiger partial charge on any atom is -0.444 e. The molecule has 1 atom stereocenters. The predicted molar refractivity (Wildman–Crippen MR) is 151 cm³/mol. The van der Waals surface area contributed by atoms with Crippen LogP contribution < -0.4 is 11.1 Å². The molecule has 7 nitrogen and oxygen atoms in total. The molecule has 1 amide bonds. The van der Waals surface area contributed by atoms with Gasteiger partial charge in [0.05, 0.1) is 17.9 Å². The summed E-state index contributed by atoms with van der Waals surface area (Å²) < 4.78 is 5.49. The van der Waals surface area contributed by atoms with Crippen LogP contribution in [-0.4, -0.2) is 32.9 Å². The zero-order valence-corrected chi connectivity index (χ0v) is 22.3. The molecular weight excluding hydrogens is 470 g/mol. The number of aromatic amines is 2. The van der Waals surface area contributed by atoms with Gasteiger partial charge in [-0.2, -0.15) is 0 Å². The number of ether oxygens (including phenoxy) is 1. The van der Waals surface area contributed by atoms with Gasteiger partial charge in [0.1, 0.15) is 11.4 Å². The van der Waals surface area contributed by atoms with Crippen molar-refractivity contribution in [2.24, 2.45) is 0 Å². The van der Waals surface area contributed by atoms with E-state index in [4.69, 9.17) is 10.5 Å². The highest BCUT2D eigenvalue weighted by atomic mass is 32.2. The van der Waals surface area contributed by atoms with Gasteiger partial charge in [0, 0.05) is 29.2 Å². The summed E-state index contributed by atoms with van der Waals surface area (Å²) >= 11 is 1.69. The number of carbonyl (C=O) groups is 1. The highest BCUT2D eigenvalue weighted by molar-refractivity contribution is 8.02. The monoisotopic (exact) mass is 505 g/mol. The van der Waals surface area contributed by atoms with E-state index in [2.05, 4.69) is 32.9 Å². The fourth-order valence-electron chi connectivity index (χ4n) is 3.51. The van der Waals surface area contributed by atoms with E-state index in [1.54, 1.807) is 18.0 Å². The first-order valence-corrected chi connectivity index (χ1v) is 12.9. The third kappa shape index (κ3) is 7.68. The van der Waals surface area contributed by atoms with Gasteiger partial charge in [0.2, 0.25) is 0 Å². The lowest BCUT2D eigenvalue weighted by molar-refractivity contribution is 0.0501. The van der Waals surface area contributed by atoms with Crippen LogP contribution in [0.25, 0.3) is 22.2 Å². The molecule has 5 N–H and O–H groups in total. The maximum atomic E-state index is 12.6. The Morgan fingerprint density at radius 2 is 1.86 bits per heavy atom. The van der Waals surface area contributed by atoms with Gasteiger partial charge in [-0.1, -0.05) is 36.9 Å². The molecule has 0 aliphatic carbocycles. The van der Waals surface area contributed by atoms with Crippen molar-refractivity contribution in [3.05, 3.63) is 83.8 Å². The van der Waals surface area contributed by atoms with Gasteiger partial charge in [-0.05, 0) is 68.2 Å². The van der Waals surface area contributed by atoms with E-state index < -0.39 is 17.7 Å². The Balaban J connectivity index is 0.000000658. The number of anilines is 1. The molecule has 0 aliphatic heterocycles. The molecule has 2 aromatic carbocycles. The van der Waals surface area contributed by atoms with Gasteiger partial charge in [-0.15, -0.1) is 11.8 Å². The van der Waals surface area contributed by atoms with Crippen molar-refractivity contribution in [1.29, 1.82) is 0 Å². The van der Waals surface area contributed by atoms with E-state index in [0.29, 0.717) is 17.9 Å². The van der Waals surface area contributed by atoms with E-state index in [1.807, 2.05) is 82.6 Å². The number of allylic oxidation sites excluding steroid dienone is 1. The molecular formula is C28H35N5O2S. The number of para-hydroxylation sites is 1. The summed E-state index contributed by atoms with van der Waals surface area (Å²) in [5, 5.41) is 4.09. The molecule has 36 heavy (non-hydrogen) atoms. The average molecular weight is 506 g/mol. The summed E-state index contributed by atoms with van der Waals surface area (Å²) in [6, 6.07) is 15.2. The highest BCUT2D eigenvalue weighted by Crippen LogP contribution is 2.26. The number of amides is 1. The van der Waals surface area contributed by atoms with Crippen LogP contribution in [0.5, 0.6) is 0 Å². The Kier molecular flexibility index (Phi) is 8.88. The van der Waals surface area contributed by atoms with E-state index in [9.17, 15) is 4.79 Å². The first kappa shape index (κ1) is 26.9. The quantitative estimate of drug-likeness (QED) is 0.215. The maximum Gasteiger partial charge on any atom is 0.408 e. The second-order valence-electron chi connectivity index (χ2n) is 9.47. The first-order chi connectivity index (χ1) is 17.1. The van der Waals surface area contributed by atoms with Crippen LogP contribution in [0.3, 0.4) is 0 Å². The summed E-state index contributed by atoms with van der Waals surface area (Å²) in [6.45, 7) is 11.1. The van der Waals surface area contributed by atoms with Crippen molar-refractivity contribution in [3.8, 4) is 11.3 Å². The van der Waals surface area contributed by atoms with Gasteiger partial charge in [0.15, 0.2) is 0 Å². The molecule has 0 saturated carbocycles. The Labute approximate surface area is 216 Å². The molecule has 4 rings (SSSR count). The number of H-pyrrole nitrogens is 2. The van der Waals surface area contributed by atoms with Crippen LogP contribution in [0.4, 0.5) is 10.5 Å². The molecule has 0 radical (unpaired) electrons. The molecule has 2 heterocycles. The zero-order valence-electron chi connectivity index (χ0n) is 21.5. The number of benzene rings is 2. The van der Waals surface area contributed by atoms with Crippen molar-refractivity contribution >= 4 is 34.4 Å². The number of alkyl carbamates (subject to hydrolysis) is 1. The average Bonchev–Trinajstić information content (AvgIpc) is 3.46. The molecule has 0 saturated heterocycles. The predicted octanol–water partition coefficient (Wildman–Crippen LogP) is 6.83. The second kappa shape index (κ2) is 11.9. The number of rotatable bonds is 6. The van der Waals surface area contributed by atoms with Crippen molar-refractivity contribution in [1.82, 2.24) is 20.3 Å². The number of nitrogens with two attached hydrogens (primary N) is 1. The van der Waals surface area contributed by atoms with Crippen molar-refractivity contribution in [2.45, 2.75) is 45.8 Å². The topological polar surface area (TPSA) is 109 Å². The van der Waals surface area contributed by atoms with Gasteiger partial charge in [-0.25, -0.2) is 9.78 Å². The second-order valence-corrected chi connectivity index (χ2v) is 10.6. The van der Waals surface area contributed by atoms with Crippen LogP contribution in [-0.2, 0) is 11.2 Å². The lowest BCUT2D eigenvalue weighted by Gasteiger charge is -2.23. The van der Waals surface area contributed by atoms with E-state index in [1.165, 1.54) is 4.91 Å². The fourth-order valence-corrected chi connectivity index (χ4v) is 3.51. The molecule has 8 heteroatoms. The number of hydrogen-bond acceptors (Lipinski definition) is 5. The normalized spacial score (nSPS) is 11.9. The Bertz CT molecular complexity index is 1300. The summed E-state index contributed by atoms with van der Waals surface area (Å²) in [4.78, 5) is 24.9. The standard InChI is InChI=1S/C24H27N5O2.C4H8S/c1-24(2,3)31-23(30)29-20(12-16-13-26-19-7-5-4-6-18(16)19)22-27-14-21(28-22)15-8-10-17(25)11-9-15;1-4(2)5-3/h4-11,13-14,20,26H,12,25H2,1-3H3,(H,27,28)(H,29,30);1H2,2-3H3. The first-order valence-electron chi connectivity index (χ1n) is 11.7. The number of nitrogen functional groups attached to an aromatic ring is 1. The number of nitrogens with zero attached hydrogens (tertiary/aromatic N) is 1. The van der Waals surface area contributed by atoms with Crippen LogP contribution in [0.2, 0.25) is 0 Å². The minimum absolute atomic E-state index is 0.392. The molecule has 2 aromatic heterocycles. The number of nitrogens with one attached hydrogen (secondary N) is 3. The van der Waals surface area contributed by atoms with Crippen LogP contribution in [0, 0.1) is 0 Å². The molecule has 0 spiro atoms. The van der Waals surface area contributed by atoms with Crippen LogP contribution >= 0.6 is 11.8 Å². The smallest absolute Gasteiger partial charge is 0.408 e. The minimum atomic E-state index is -0.590. The summed E-state index contributed by atoms with van der Waals surface area (Å²) in [7, 11) is 0. The molecule has 0 bridgehead atoms. The summed E-state index contributed by atoms with van der Waals surface area (Å²) in [6.07, 6.45) is 5.82. The van der Waals surface area contributed by atoms with Crippen molar-refractivity contribution in [2.75, 3.05) is 12.0 Å². The number of carbonyl (C=O) groups excluding carboxylic acids is 1. The molecule has 1 unspecified atom stereocenters. The number of thioether (sulfide) groups is 1. The summed E-state index contributed by atoms with van der Waals surface area (Å²) in [5.41, 5.74) is 9.86. The Hall–Kier alpha value is -3.65. The molecule has 0 aliphatic rings. The Morgan fingerprint density at radius 1 is 1.19 bits per heavy atom. The van der Waals surface area contributed by atoms with Gasteiger partial charge >= 0.3 is 6.09 Å². The van der Waals surface area contributed by atoms with Crippen molar-refractivity contribution < 1.29 is 9.53 Å². The van der Waals surface area contributed by atoms with Crippen molar-refractivity contribution in [3.63, 3.8) is 0 Å². The summed E-state index contributed by atoms with van der Waals surface area (Å²) in [5.74, 6) is 0.656. The van der Waals surface area contributed by atoms with Crippen LogP contribution in [0.1, 0.15) is 45.1 Å². The third-order valence-electron chi connectivity index (χ3n) is 5.29. The lowest BCUT2D eigenvalue weighted by atomic mass is 10.0. The molecule has 190 valence electrons. The number of imidazole rings is 1. The van der Waals surface area contributed by atoms with E-state index >= 15 is 0 Å². The number of aromatic nitrogens is 3. The number of hydrogen-bond donors (Lipinski definition) is 4. The zero-order chi connectivity index (χ0) is 26.3. The SMILES string of the molecule is C=C(C)SC.CC(C)(C)OC(=O)NC(Cc1c[nH]c2ccccc12)c1ncc(-c2ccc(N)cc2)[nH]1.